The van der Waals surface area contributed by atoms with Gasteiger partial charge in [0.1, 0.15) is 6.79 Å². The van der Waals surface area contributed by atoms with Crippen LogP contribution in [0.2, 0.25) is 0 Å². The summed E-state index contributed by atoms with van der Waals surface area (Å²) in [6, 6.07) is 0. The molecule has 7 heavy (non-hydrogen) atoms. The molecule has 0 aromatic heterocycles. The Hall–Kier alpha value is 0.0900. The Morgan fingerprint density at radius 3 is 2.86 bits per heavy atom. The Morgan fingerprint density at radius 1 is 1.71 bits per heavy atom. The highest BCUT2D eigenvalue weighted by Crippen LogP contribution is 1.83. The van der Waals surface area contributed by atoms with E-state index in [1.54, 1.807) is 6.08 Å². The zero-order chi connectivity index (χ0) is 5.54. The topological polar surface area (TPSA) is 18.5 Å². The van der Waals surface area contributed by atoms with Crippen molar-refractivity contribution >= 4 is 9.47 Å². The summed E-state index contributed by atoms with van der Waals surface area (Å²) >= 11 is 0. The van der Waals surface area contributed by atoms with Crippen molar-refractivity contribution < 1.29 is 9.26 Å². The monoisotopic (exact) mass is 120 g/mol. The van der Waals surface area contributed by atoms with Gasteiger partial charge in [-0.3, -0.25) is 0 Å². The van der Waals surface area contributed by atoms with E-state index in [-0.39, 0.29) is 0 Å². The third-order valence-corrected chi connectivity index (χ3v) is 0.523. The summed E-state index contributed by atoms with van der Waals surface area (Å²) in [4.78, 5) is 0. The van der Waals surface area contributed by atoms with Crippen molar-refractivity contribution in [3.05, 3.63) is 12.7 Å². The molecule has 42 valence electrons. The van der Waals surface area contributed by atoms with Crippen LogP contribution < -0.4 is 0 Å². The quantitative estimate of drug-likeness (QED) is 0.238. The molecule has 0 fully saturated rings. The van der Waals surface area contributed by atoms with E-state index in [0.717, 1.165) is 0 Å². The second-order valence-corrected chi connectivity index (χ2v) is 1.28. The molecule has 1 atom stereocenters. The van der Waals surface area contributed by atoms with Gasteiger partial charge in [-0.05, 0) is 0 Å². The average molecular weight is 120 g/mol. The molecule has 2 nitrogen and oxygen atoms in total. The third kappa shape index (κ3) is 6.09. The standard InChI is InChI=1S/C4H9O2P/c1-2-3-5-4-6-7/h2H,1,3-4,7H2. The summed E-state index contributed by atoms with van der Waals surface area (Å²) in [7, 11) is 2.09. The van der Waals surface area contributed by atoms with Crippen LogP contribution in [0.5, 0.6) is 0 Å². The van der Waals surface area contributed by atoms with E-state index in [4.69, 9.17) is 4.74 Å². The summed E-state index contributed by atoms with van der Waals surface area (Å²) in [6.45, 7) is 4.31. The van der Waals surface area contributed by atoms with Crippen molar-refractivity contribution in [3.8, 4) is 0 Å². The first kappa shape index (κ1) is 7.09. The Kier molecular flexibility index (Phi) is 6.17. The number of ether oxygens (including phenoxy) is 1. The second-order valence-electron chi connectivity index (χ2n) is 0.944. The molecule has 0 bridgehead atoms. The fourth-order valence-corrected chi connectivity index (χ4v) is 0.276. The summed E-state index contributed by atoms with van der Waals surface area (Å²) in [5, 5.41) is 0. The van der Waals surface area contributed by atoms with Crippen molar-refractivity contribution in [3.63, 3.8) is 0 Å². The van der Waals surface area contributed by atoms with Crippen molar-refractivity contribution in [1.29, 1.82) is 0 Å². The molecule has 0 amide bonds. The first-order valence-corrected chi connectivity index (χ1v) is 2.39. The molecule has 0 aliphatic heterocycles. The lowest BCUT2D eigenvalue weighted by Crippen LogP contribution is -1.91. The van der Waals surface area contributed by atoms with Gasteiger partial charge < -0.3 is 9.26 Å². The zero-order valence-electron chi connectivity index (χ0n) is 4.09. The Morgan fingerprint density at radius 2 is 2.43 bits per heavy atom. The van der Waals surface area contributed by atoms with E-state index in [9.17, 15) is 0 Å². The molecule has 0 aromatic rings. The highest BCUT2D eigenvalue weighted by molar-refractivity contribution is 7.09. The van der Waals surface area contributed by atoms with Gasteiger partial charge >= 0.3 is 0 Å². The van der Waals surface area contributed by atoms with Gasteiger partial charge in [0.05, 0.1) is 6.61 Å². The molecule has 0 aliphatic rings. The molecular formula is C4H9O2P. The number of hydrogen-bond donors (Lipinski definition) is 0. The predicted molar refractivity (Wildman–Crippen MR) is 31.8 cm³/mol. The van der Waals surface area contributed by atoms with Crippen molar-refractivity contribution in [2.75, 3.05) is 13.4 Å². The molecule has 0 saturated carbocycles. The average Bonchev–Trinajstić information content (AvgIpc) is 1.69. The first-order valence-electron chi connectivity index (χ1n) is 1.92. The van der Waals surface area contributed by atoms with Crippen LogP contribution >= 0.6 is 9.47 Å². The number of hydrogen-bond acceptors (Lipinski definition) is 2. The minimum Gasteiger partial charge on any atom is -0.351 e. The van der Waals surface area contributed by atoms with Crippen molar-refractivity contribution in [2.24, 2.45) is 0 Å². The van der Waals surface area contributed by atoms with Crippen molar-refractivity contribution in [1.82, 2.24) is 0 Å². The van der Waals surface area contributed by atoms with Gasteiger partial charge in [-0.15, -0.1) is 6.58 Å². The van der Waals surface area contributed by atoms with Crippen LogP contribution in [-0.2, 0) is 9.26 Å². The van der Waals surface area contributed by atoms with E-state index in [2.05, 4.69) is 20.6 Å². The van der Waals surface area contributed by atoms with Crippen molar-refractivity contribution in [2.45, 2.75) is 0 Å². The normalized spacial score (nSPS) is 8.71. The van der Waals surface area contributed by atoms with Crippen LogP contribution in [-0.4, -0.2) is 13.4 Å². The first-order chi connectivity index (χ1) is 3.41. The largest absolute Gasteiger partial charge is 0.351 e. The Balaban J connectivity index is 2.56. The summed E-state index contributed by atoms with van der Waals surface area (Å²) in [5.74, 6) is 0. The van der Waals surface area contributed by atoms with Gasteiger partial charge in [-0.1, -0.05) is 6.08 Å². The van der Waals surface area contributed by atoms with Gasteiger partial charge in [0, 0.05) is 9.47 Å². The van der Waals surface area contributed by atoms with E-state index in [1.165, 1.54) is 0 Å². The second kappa shape index (κ2) is 6.09. The molecule has 0 radical (unpaired) electrons. The highest BCUT2D eigenvalue weighted by Gasteiger charge is 1.74. The maximum atomic E-state index is 4.77. The minimum absolute atomic E-state index is 0.316. The van der Waals surface area contributed by atoms with Crippen LogP contribution in [0.4, 0.5) is 0 Å². The van der Waals surface area contributed by atoms with Gasteiger partial charge in [0.25, 0.3) is 0 Å². The summed E-state index contributed by atoms with van der Waals surface area (Å²) in [6.07, 6.45) is 1.67. The molecule has 0 heterocycles. The lowest BCUT2D eigenvalue weighted by Gasteiger charge is -1.94. The van der Waals surface area contributed by atoms with Crippen LogP contribution in [0.1, 0.15) is 0 Å². The molecule has 0 aromatic carbocycles. The van der Waals surface area contributed by atoms with Gasteiger partial charge in [-0.2, -0.15) is 0 Å². The predicted octanol–water partition coefficient (Wildman–Crippen LogP) is 0.953. The molecule has 0 N–H and O–H groups in total. The fraction of sp³-hybridized carbons (Fsp3) is 0.500. The lowest BCUT2D eigenvalue weighted by atomic mass is 10.7. The van der Waals surface area contributed by atoms with E-state index < -0.39 is 0 Å². The molecule has 0 rings (SSSR count). The van der Waals surface area contributed by atoms with Crippen LogP contribution in [0.25, 0.3) is 0 Å². The SMILES string of the molecule is C=CCOCOP. The molecular weight excluding hydrogens is 111 g/mol. The zero-order valence-corrected chi connectivity index (χ0v) is 5.25. The smallest absolute Gasteiger partial charge is 0.150 e. The maximum Gasteiger partial charge on any atom is 0.150 e. The molecule has 0 aliphatic carbocycles. The number of rotatable bonds is 4. The van der Waals surface area contributed by atoms with E-state index in [1.807, 2.05) is 0 Å². The summed E-state index contributed by atoms with van der Waals surface area (Å²) < 4.78 is 9.26. The highest BCUT2D eigenvalue weighted by atomic mass is 31.0. The third-order valence-electron chi connectivity index (χ3n) is 0.387. The van der Waals surface area contributed by atoms with Crippen LogP contribution in [0.15, 0.2) is 12.7 Å². The Labute approximate surface area is 45.8 Å². The van der Waals surface area contributed by atoms with Crippen LogP contribution in [0, 0.1) is 0 Å². The molecule has 1 unspecified atom stereocenters. The maximum absolute atomic E-state index is 4.77. The molecule has 3 heteroatoms. The van der Waals surface area contributed by atoms with Gasteiger partial charge in [0.15, 0.2) is 0 Å². The van der Waals surface area contributed by atoms with Gasteiger partial charge in [0.2, 0.25) is 0 Å². The molecule has 0 spiro atoms. The van der Waals surface area contributed by atoms with E-state index in [0.29, 0.717) is 13.4 Å². The van der Waals surface area contributed by atoms with Crippen LogP contribution in [0.3, 0.4) is 0 Å². The molecule has 0 saturated heterocycles. The van der Waals surface area contributed by atoms with E-state index >= 15 is 0 Å². The lowest BCUT2D eigenvalue weighted by molar-refractivity contribution is 0.0437. The Bertz CT molecular complexity index is 47.0. The fourth-order valence-electron chi connectivity index (χ4n) is 0.180. The minimum atomic E-state index is 0.316. The van der Waals surface area contributed by atoms with Gasteiger partial charge in [-0.25, -0.2) is 0 Å². The summed E-state index contributed by atoms with van der Waals surface area (Å²) in [5.41, 5.74) is 0.